The molecule has 0 heterocycles. The molecule has 3 nitrogen and oxygen atoms in total. The maximum atomic E-state index is 5.63. The van der Waals surface area contributed by atoms with Gasteiger partial charge in [0.1, 0.15) is 0 Å². The highest BCUT2D eigenvalue weighted by Gasteiger charge is 2.05. The zero-order valence-corrected chi connectivity index (χ0v) is 25.0. The molecule has 0 aliphatic carbocycles. The predicted molar refractivity (Wildman–Crippen MR) is 165 cm³/mol. The van der Waals surface area contributed by atoms with Crippen LogP contribution in [0.4, 0.5) is 0 Å². The molecule has 0 aromatic rings. The van der Waals surface area contributed by atoms with Gasteiger partial charge in [0.2, 0.25) is 0 Å². The molecule has 3 heteroatoms. The molecule has 216 valence electrons. The molecule has 0 aliphatic heterocycles. The molecule has 0 aromatic heterocycles. The summed E-state index contributed by atoms with van der Waals surface area (Å²) in [4.78, 5) is 2.78. The smallest absolute Gasteiger partial charge is 0.00187 e. The largest absolute Gasteiger partial charge is 0.330 e. The van der Waals surface area contributed by atoms with Crippen LogP contribution in [0.25, 0.3) is 0 Å². The lowest BCUT2D eigenvalue weighted by Crippen LogP contribution is -2.27. The highest BCUT2D eigenvalue weighted by molar-refractivity contribution is 4.81. The molecule has 0 saturated carbocycles. The van der Waals surface area contributed by atoms with Gasteiger partial charge < -0.3 is 16.4 Å². The van der Waals surface area contributed by atoms with E-state index in [4.69, 9.17) is 11.5 Å². The summed E-state index contributed by atoms with van der Waals surface area (Å²) in [5, 5.41) is 0. The predicted octanol–water partition coefficient (Wildman–Crippen LogP) is 9.53. The number of nitrogens with zero attached hydrogens (tertiary/aromatic N) is 1. The third kappa shape index (κ3) is 29.8. The molecule has 0 aliphatic rings. The summed E-state index contributed by atoms with van der Waals surface area (Å²) in [5.41, 5.74) is 11.2. The molecule has 36 heavy (non-hydrogen) atoms. The third-order valence-electron chi connectivity index (χ3n) is 7.59. The molecule has 0 unspecified atom stereocenters. The summed E-state index contributed by atoms with van der Waals surface area (Å²) in [6.07, 6.45) is 39.0. The molecule has 0 amide bonds. The fourth-order valence-electron chi connectivity index (χ4n) is 5.12. The SMILES string of the molecule is CCCCCCCC/C=C\CCCCCCCCN(CCCCCCCN)CCCCCCCCN. The Morgan fingerprint density at radius 3 is 1.06 bits per heavy atom. The van der Waals surface area contributed by atoms with E-state index >= 15 is 0 Å². The van der Waals surface area contributed by atoms with Gasteiger partial charge in [-0.1, -0.05) is 122 Å². The van der Waals surface area contributed by atoms with Gasteiger partial charge in [-0.3, -0.25) is 0 Å². The van der Waals surface area contributed by atoms with Crippen LogP contribution in [0.5, 0.6) is 0 Å². The average Bonchev–Trinajstić information content (AvgIpc) is 2.89. The summed E-state index contributed by atoms with van der Waals surface area (Å²) in [6, 6.07) is 0. The van der Waals surface area contributed by atoms with Crippen molar-refractivity contribution in [1.29, 1.82) is 0 Å². The molecule has 0 saturated heterocycles. The topological polar surface area (TPSA) is 55.3 Å². The van der Waals surface area contributed by atoms with Gasteiger partial charge in [0, 0.05) is 0 Å². The quantitative estimate of drug-likeness (QED) is 0.0725. The molecule has 0 aromatic carbocycles. The second-order valence-electron chi connectivity index (χ2n) is 11.2. The van der Waals surface area contributed by atoms with E-state index in [1.54, 1.807) is 0 Å². The lowest BCUT2D eigenvalue weighted by molar-refractivity contribution is 0.254. The van der Waals surface area contributed by atoms with Crippen LogP contribution >= 0.6 is 0 Å². The second kappa shape index (κ2) is 32.6. The summed E-state index contributed by atoms with van der Waals surface area (Å²) in [6.45, 7) is 7.94. The molecular weight excluding hydrogens is 438 g/mol. The van der Waals surface area contributed by atoms with Gasteiger partial charge in [-0.25, -0.2) is 0 Å². The van der Waals surface area contributed by atoms with Crippen molar-refractivity contribution in [3.8, 4) is 0 Å². The van der Waals surface area contributed by atoms with Crippen molar-refractivity contribution >= 4 is 0 Å². The van der Waals surface area contributed by atoms with Crippen molar-refractivity contribution in [3.05, 3.63) is 12.2 Å². The highest BCUT2D eigenvalue weighted by atomic mass is 15.1. The van der Waals surface area contributed by atoms with Crippen LogP contribution in [0, 0.1) is 0 Å². The first-order valence-corrected chi connectivity index (χ1v) is 16.6. The zero-order chi connectivity index (χ0) is 26.2. The summed E-state index contributed by atoms with van der Waals surface area (Å²) in [7, 11) is 0. The van der Waals surface area contributed by atoms with Gasteiger partial charge in [0.15, 0.2) is 0 Å². The Kier molecular flexibility index (Phi) is 32.3. The van der Waals surface area contributed by atoms with Crippen LogP contribution in [0.15, 0.2) is 12.2 Å². The van der Waals surface area contributed by atoms with E-state index < -0.39 is 0 Å². The van der Waals surface area contributed by atoms with Gasteiger partial charge in [-0.15, -0.1) is 0 Å². The van der Waals surface area contributed by atoms with Crippen molar-refractivity contribution in [2.24, 2.45) is 11.5 Å². The minimum Gasteiger partial charge on any atom is -0.330 e. The molecular formula is C33H69N3. The molecule has 4 N–H and O–H groups in total. The van der Waals surface area contributed by atoms with Gasteiger partial charge in [-0.2, -0.15) is 0 Å². The Labute approximate surface area is 228 Å². The number of allylic oxidation sites excluding steroid dienone is 2. The Hall–Kier alpha value is -0.380. The molecule has 0 atom stereocenters. The van der Waals surface area contributed by atoms with Crippen molar-refractivity contribution in [2.75, 3.05) is 32.7 Å². The molecule has 0 bridgehead atoms. The molecule has 0 fully saturated rings. The van der Waals surface area contributed by atoms with E-state index in [9.17, 15) is 0 Å². The van der Waals surface area contributed by atoms with Crippen molar-refractivity contribution in [1.82, 2.24) is 4.90 Å². The first-order chi connectivity index (χ1) is 17.8. The maximum Gasteiger partial charge on any atom is -0.00187 e. The van der Waals surface area contributed by atoms with Crippen LogP contribution in [0.2, 0.25) is 0 Å². The fourth-order valence-corrected chi connectivity index (χ4v) is 5.12. The number of hydrogen-bond acceptors (Lipinski definition) is 3. The first kappa shape index (κ1) is 35.6. The van der Waals surface area contributed by atoms with Crippen molar-refractivity contribution < 1.29 is 0 Å². The number of hydrogen-bond donors (Lipinski definition) is 2. The first-order valence-electron chi connectivity index (χ1n) is 16.6. The Morgan fingerprint density at radius 2 is 0.694 bits per heavy atom. The van der Waals surface area contributed by atoms with Gasteiger partial charge >= 0.3 is 0 Å². The fraction of sp³-hybridized carbons (Fsp3) is 0.939. The molecule has 0 radical (unpaired) electrons. The number of nitrogens with two attached hydrogens (primary N) is 2. The van der Waals surface area contributed by atoms with Gasteiger partial charge in [-0.05, 0) is 90.5 Å². The number of rotatable bonds is 31. The monoisotopic (exact) mass is 508 g/mol. The minimum atomic E-state index is 0.855. The summed E-state index contributed by atoms with van der Waals surface area (Å²) >= 11 is 0. The standard InChI is InChI=1S/C33H69N3/c1-2-3-4-5-6-7-8-9-10-11-12-13-14-16-21-26-31-36(33-28-23-18-20-25-30-35)32-27-22-17-15-19-24-29-34/h9-10H,2-8,11-35H2,1H3/b10-9-. The Bertz CT molecular complexity index is 410. The van der Waals surface area contributed by atoms with Gasteiger partial charge in [0.05, 0.1) is 0 Å². The normalized spacial score (nSPS) is 11.9. The van der Waals surface area contributed by atoms with Crippen LogP contribution in [0.1, 0.15) is 167 Å². The lowest BCUT2D eigenvalue weighted by atomic mass is 10.1. The minimum absolute atomic E-state index is 0.855. The van der Waals surface area contributed by atoms with E-state index in [2.05, 4.69) is 24.0 Å². The van der Waals surface area contributed by atoms with Crippen LogP contribution in [-0.4, -0.2) is 37.6 Å². The van der Waals surface area contributed by atoms with E-state index in [0.29, 0.717) is 0 Å². The molecule has 0 spiro atoms. The molecule has 0 rings (SSSR count). The number of unbranched alkanes of at least 4 members (excludes halogenated alkanes) is 21. The Morgan fingerprint density at radius 1 is 0.389 bits per heavy atom. The van der Waals surface area contributed by atoms with E-state index in [1.165, 1.54) is 180 Å². The van der Waals surface area contributed by atoms with Gasteiger partial charge in [0.25, 0.3) is 0 Å². The van der Waals surface area contributed by atoms with Crippen molar-refractivity contribution in [3.63, 3.8) is 0 Å². The maximum absolute atomic E-state index is 5.63. The van der Waals surface area contributed by atoms with Crippen LogP contribution in [-0.2, 0) is 0 Å². The Balaban J connectivity index is 3.72. The van der Waals surface area contributed by atoms with Crippen LogP contribution < -0.4 is 11.5 Å². The van der Waals surface area contributed by atoms with E-state index in [1.807, 2.05) is 0 Å². The summed E-state index contributed by atoms with van der Waals surface area (Å²) < 4.78 is 0. The summed E-state index contributed by atoms with van der Waals surface area (Å²) in [5.74, 6) is 0. The highest BCUT2D eigenvalue weighted by Crippen LogP contribution is 2.12. The zero-order valence-electron chi connectivity index (χ0n) is 25.0. The third-order valence-corrected chi connectivity index (χ3v) is 7.59. The average molecular weight is 508 g/mol. The second-order valence-corrected chi connectivity index (χ2v) is 11.2. The lowest BCUT2D eigenvalue weighted by Gasteiger charge is -2.22. The van der Waals surface area contributed by atoms with Crippen LogP contribution in [0.3, 0.4) is 0 Å². The van der Waals surface area contributed by atoms with E-state index in [0.717, 1.165) is 13.1 Å². The van der Waals surface area contributed by atoms with Crippen molar-refractivity contribution in [2.45, 2.75) is 167 Å². The van der Waals surface area contributed by atoms with E-state index in [-0.39, 0.29) is 0 Å².